The van der Waals surface area contributed by atoms with Gasteiger partial charge >= 0.3 is 0 Å². The minimum absolute atomic E-state index is 0.139. The highest BCUT2D eigenvalue weighted by Gasteiger charge is 2.12. The second kappa shape index (κ2) is 6.13. The van der Waals surface area contributed by atoms with E-state index in [-0.39, 0.29) is 5.91 Å². The average molecular weight is 211 g/mol. The van der Waals surface area contributed by atoms with Crippen LogP contribution in [0.2, 0.25) is 0 Å². The predicted molar refractivity (Wildman–Crippen MR) is 55.7 cm³/mol. The number of rotatable bonds is 6. The molecule has 4 N–H and O–H groups in total. The van der Waals surface area contributed by atoms with Crippen molar-refractivity contribution in [3.63, 3.8) is 0 Å². The van der Waals surface area contributed by atoms with E-state index >= 15 is 0 Å². The average Bonchev–Trinajstić information content (AvgIpc) is 2.75. The van der Waals surface area contributed by atoms with E-state index in [9.17, 15) is 4.79 Å². The number of H-pyrrole nitrogens is 1. The predicted octanol–water partition coefficient (Wildman–Crippen LogP) is -0.0616. The van der Waals surface area contributed by atoms with Gasteiger partial charge in [0, 0.05) is 0 Å². The summed E-state index contributed by atoms with van der Waals surface area (Å²) < 4.78 is 0. The summed E-state index contributed by atoms with van der Waals surface area (Å²) in [6.07, 6.45) is 4.14. The van der Waals surface area contributed by atoms with Crippen LogP contribution in [0.15, 0.2) is 6.33 Å². The Labute approximate surface area is 88.7 Å². The molecule has 0 fully saturated rings. The Morgan fingerprint density at radius 2 is 2.53 bits per heavy atom. The normalized spacial score (nSPS) is 12.4. The first-order chi connectivity index (χ1) is 7.24. The maximum atomic E-state index is 11.4. The molecule has 0 aliphatic heterocycles. The number of hydrogen-bond acceptors (Lipinski definition) is 4. The summed E-state index contributed by atoms with van der Waals surface area (Å²) in [6, 6.07) is -0.423. The molecule has 0 bridgehead atoms. The standard InChI is InChI=1S/C9H17N5O/c1-2-3-4-7(10)9(15)11-5-8-12-6-13-14-8/h6-7H,2-5,10H2,1H3,(H,11,15)(H,12,13,14)/t7-/m0/s1. The van der Waals surface area contributed by atoms with E-state index < -0.39 is 6.04 Å². The summed E-state index contributed by atoms with van der Waals surface area (Å²) >= 11 is 0. The van der Waals surface area contributed by atoms with Crippen molar-refractivity contribution >= 4 is 5.91 Å². The summed E-state index contributed by atoms with van der Waals surface area (Å²) in [5, 5.41) is 9.03. The van der Waals surface area contributed by atoms with Crippen LogP contribution in [0.1, 0.15) is 32.0 Å². The number of nitrogens with zero attached hydrogens (tertiary/aromatic N) is 2. The number of nitrogens with two attached hydrogens (primary N) is 1. The van der Waals surface area contributed by atoms with E-state index in [1.807, 2.05) is 0 Å². The third-order valence-corrected chi connectivity index (χ3v) is 2.10. The van der Waals surface area contributed by atoms with Crippen LogP contribution in [-0.4, -0.2) is 27.1 Å². The van der Waals surface area contributed by atoms with Gasteiger partial charge in [-0.3, -0.25) is 9.89 Å². The van der Waals surface area contributed by atoms with E-state index in [4.69, 9.17) is 5.73 Å². The van der Waals surface area contributed by atoms with Crippen molar-refractivity contribution in [3.8, 4) is 0 Å². The fraction of sp³-hybridized carbons (Fsp3) is 0.667. The maximum Gasteiger partial charge on any atom is 0.237 e. The smallest absolute Gasteiger partial charge is 0.237 e. The molecule has 0 aromatic carbocycles. The molecule has 0 saturated heterocycles. The molecular formula is C9H17N5O. The molecule has 0 aliphatic rings. The zero-order valence-electron chi connectivity index (χ0n) is 8.86. The zero-order chi connectivity index (χ0) is 11.1. The van der Waals surface area contributed by atoms with Gasteiger partial charge in [-0.2, -0.15) is 5.10 Å². The number of amides is 1. The Morgan fingerprint density at radius 3 is 3.13 bits per heavy atom. The zero-order valence-corrected chi connectivity index (χ0v) is 8.86. The first kappa shape index (κ1) is 11.6. The molecule has 84 valence electrons. The molecule has 6 heteroatoms. The third kappa shape index (κ3) is 4.07. The van der Waals surface area contributed by atoms with Crippen LogP contribution in [0.5, 0.6) is 0 Å². The number of carbonyl (C=O) groups excluding carboxylic acids is 1. The third-order valence-electron chi connectivity index (χ3n) is 2.10. The van der Waals surface area contributed by atoms with Crippen LogP contribution < -0.4 is 11.1 Å². The second-order valence-corrected chi connectivity index (χ2v) is 3.40. The van der Waals surface area contributed by atoms with Crippen molar-refractivity contribution in [2.24, 2.45) is 5.73 Å². The van der Waals surface area contributed by atoms with Crippen molar-refractivity contribution in [2.45, 2.75) is 38.8 Å². The Hall–Kier alpha value is -1.43. The van der Waals surface area contributed by atoms with Crippen molar-refractivity contribution in [3.05, 3.63) is 12.2 Å². The molecule has 0 unspecified atom stereocenters. The number of carbonyl (C=O) groups is 1. The molecular weight excluding hydrogens is 194 g/mol. The van der Waals surface area contributed by atoms with Crippen LogP contribution >= 0.6 is 0 Å². The van der Waals surface area contributed by atoms with Gasteiger partial charge in [0.1, 0.15) is 12.2 Å². The lowest BCUT2D eigenvalue weighted by molar-refractivity contribution is -0.122. The largest absolute Gasteiger partial charge is 0.347 e. The maximum absolute atomic E-state index is 11.4. The van der Waals surface area contributed by atoms with Crippen LogP contribution in [0.4, 0.5) is 0 Å². The molecule has 6 nitrogen and oxygen atoms in total. The van der Waals surface area contributed by atoms with Crippen LogP contribution in [0.25, 0.3) is 0 Å². The van der Waals surface area contributed by atoms with E-state index in [1.54, 1.807) is 0 Å². The summed E-state index contributed by atoms with van der Waals surface area (Å²) in [5.74, 6) is 0.492. The molecule has 1 atom stereocenters. The fourth-order valence-electron chi connectivity index (χ4n) is 1.17. The van der Waals surface area contributed by atoms with Crippen LogP contribution in [-0.2, 0) is 11.3 Å². The Bertz CT molecular complexity index is 285. The fourth-order valence-corrected chi connectivity index (χ4v) is 1.17. The minimum Gasteiger partial charge on any atom is -0.347 e. The summed E-state index contributed by atoms with van der Waals surface area (Å²) in [4.78, 5) is 15.3. The monoisotopic (exact) mass is 211 g/mol. The van der Waals surface area contributed by atoms with Crippen molar-refractivity contribution < 1.29 is 4.79 Å². The molecule has 0 saturated carbocycles. The SMILES string of the molecule is CCCC[C@H](N)C(=O)NCc1ncn[nH]1. The summed E-state index contributed by atoms with van der Waals surface area (Å²) in [6.45, 7) is 2.41. The lowest BCUT2D eigenvalue weighted by Crippen LogP contribution is -2.40. The molecule has 1 aromatic heterocycles. The second-order valence-electron chi connectivity index (χ2n) is 3.40. The number of aromatic nitrogens is 3. The molecule has 0 spiro atoms. The lowest BCUT2D eigenvalue weighted by Gasteiger charge is -2.10. The van der Waals surface area contributed by atoms with Crippen LogP contribution in [0.3, 0.4) is 0 Å². The molecule has 1 aromatic rings. The molecule has 0 radical (unpaired) electrons. The number of nitrogens with one attached hydrogen (secondary N) is 2. The highest BCUT2D eigenvalue weighted by molar-refractivity contribution is 5.81. The highest BCUT2D eigenvalue weighted by Crippen LogP contribution is 1.98. The van der Waals surface area contributed by atoms with Gasteiger partial charge in [0.05, 0.1) is 12.6 Å². The Morgan fingerprint density at radius 1 is 1.73 bits per heavy atom. The molecule has 15 heavy (non-hydrogen) atoms. The van der Waals surface area contributed by atoms with Gasteiger partial charge in [0.2, 0.25) is 5.91 Å². The Kier molecular flexibility index (Phi) is 4.76. The van der Waals surface area contributed by atoms with Crippen molar-refractivity contribution in [1.82, 2.24) is 20.5 Å². The van der Waals surface area contributed by atoms with E-state index in [0.29, 0.717) is 12.4 Å². The topological polar surface area (TPSA) is 96.7 Å². The molecule has 1 rings (SSSR count). The van der Waals surface area contributed by atoms with E-state index in [2.05, 4.69) is 27.4 Å². The molecule has 1 heterocycles. The lowest BCUT2D eigenvalue weighted by atomic mass is 10.1. The van der Waals surface area contributed by atoms with E-state index in [1.165, 1.54) is 6.33 Å². The molecule has 1 amide bonds. The van der Waals surface area contributed by atoms with Gasteiger partial charge < -0.3 is 11.1 Å². The molecule has 0 aliphatic carbocycles. The van der Waals surface area contributed by atoms with Gasteiger partial charge in [-0.1, -0.05) is 19.8 Å². The van der Waals surface area contributed by atoms with Crippen LogP contribution in [0, 0.1) is 0 Å². The first-order valence-electron chi connectivity index (χ1n) is 5.11. The number of hydrogen-bond donors (Lipinski definition) is 3. The summed E-state index contributed by atoms with van der Waals surface area (Å²) in [5.41, 5.74) is 5.68. The first-order valence-corrected chi connectivity index (χ1v) is 5.11. The van der Waals surface area contributed by atoms with Gasteiger partial charge in [-0.05, 0) is 6.42 Å². The number of unbranched alkanes of at least 4 members (excludes halogenated alkanes) is 1. The van der Waals surface area contributed by atoms with Gasteiger partial charge in [-0.25, -0.2) is 4.98 Å². The van der Waals surface area contributed by atoms with Gasteiger partial charge in [0.15, 0.2) is 0 Å². The van der Waals surface area contributed by atoms with Crippen molar-refractivity contribution in [1.29, 1.82) is 0 Å². The minimum atomic E-state index is -0.423. The highest BCUT2D eigenvalue weighted by atomic mass is 16.2. The van der Waals surface area contributed by atoms with Gasteiger partial charge in [0.25, 0.3) is 0 Å². The summed E-state index contributed by atoms with van der Waals surface area (Å²) in [7, 11) is 0. The Balaban J connectivity index is 2.23. The quantitative estimate of drug-likeness (QED) is 0.614. The van der Waals surface area contributed by atoms with Crippen molar-refractivity contribution in [2.75, 3.05) is 0 Å². The van der Waals surface area contributed by atoms with E-state index in [0.717, 1.165) is 19.3 Å². The number of aromatic amines is 1. The van der Waals surface area contributed by atoms with Gasteiger partial charge in [-0.15, -0.1) is 0 Å².